The van der Waals surface area contributed by atoms with Crippen LogP contribution in [0.25, 0.3) is 0 Å². The SMILES string of the molecule is Cc1ccsc1CNc1ccc(C(F)(F)F)cn1. The Labute approximate surface area is 106 Å². The van der Waals surface area contributed by atoms with Gasteiger partial charge in [0, 0.05) is 11.1 Å². The zero-order valence-electron chi connectivity index (χ0n) is 9.58. The fraction of sp³-hybridized carbons (Fsp3) is 0.250. The van der Waals surface area contributed by atoms with Crippen LogP contribution in [0.2, 0.25) is 0 Å². The predicted molar refractivity (Wildman–Crippen MR) is 65.6 cm³/mol. The number of nitrogens with one attached hydrogen (secondary N) is 1. The lowest BCUT2D eigenvalue weighted by Crippen LogP contribution is -2.07. The van der Waals surface area contributed by atoms with Gasteiger partial charge >= 0.3 is 6.18 Å². The summed E-state index contributed by atoms with van der Waals surface area (Å²) in [4.78, 5) is 4.90. The highest BCUT2D eigenvalue weighted by Gasteiger charge is 2.30. The number of alkyl halides is 3. The summed E-state index contributed by atoms with van der Waals surface area (Å²) >= 11 is 1.61. The molecule has 0 saturated heterocycles. The number of halogens is 3. The van der Waals surface area contributed by atoms with Crippen molar-refractivity contribution in [2.75, 3.05) is 5.32 Å². The van der Waals surface area contributed by atoms with Crippen LogP contribution in [-0.4, -0.2) is 4.98 Å². The lowest BCUT2D eigenvalue weighted by atomic mass is 10.2. The van der Waals surface area contributed by atoms with E-state index < -0.39 is 11.7 Å². The first kappa shape index (κ1) is 12.9. The fourth-order valence-corrected chi connectivity index (χ4v) is 2.27. The van der Waals surface area contributed by atoms with Gasteiger partial charge in [0.1, 0.15) is 5.82 Å². The molecule has 2 rings (SSSR count). The highest BCUT2D eigenvalue weighted by atomic mass is 32.1. The summed E-state index contributed by atoms with van der Waals surface area (Å²) in [6.45, 7) is 2.57. The van der Waals surface area contributed by atoms with Crippen molar-refractivity contribution >= 4 is 17.2 Å². The number of hydrogen-bond acceptors (Lipinski definition) is 3. The summed E-state index contributed by atoms with van der Waals surface area (Å²) < 4.78 is 37.0. The third kappa shape index (κ3) is 3.01. The Kier molecular flexibility index (Phi) is 3.56. The maximum Gasteiger partial charge on any atom is 0.417 e. The fourth-order valence-electron chi connectivity index (χ4n) is 1.42. The lowest BCUT2D eigenvalue weighted by molar-refractivity contribution is -0.137. The van der Waals surface area contributed by atoms with Crippen LogP contribution < -0.4 is 5.32 Å². The molecule has 0 spiro atoms. The van der Waals surface area contributed by atoms with Gasteiger partial charge in [0.2, 0.25) is 0 Å². The summed E-state index contributed by atoms with van der Waals surface area (Å²) in [5.74, 6) is 0.441. The van der Waals surface area contributed by atoms with Gasteiger partial charge in [-0.1, -0.05) is 0 Å². The maximum atomic E-state index is 12.3. The number of hydrogen-bond donors (Lipinski definition) is 1. The van der Waals surface area contributed by atoms with Crippen molar-refractivity contribution in [1.29, 1.82) is 0 Å². The van der Waals surface area contributed by atoms with Crippen molar-refractivity contribution < 1.29 is 13.2 Å². The van der Waals surface area contributed by atoms with E-state index in [9.17, 15) is 13.2 Å². The molecule has 0 amide bonds. The number of aromatic nitrogens is 1. The normalized spacial score (nSPS) is 11.6. The highest BCUT2D eigenvalue weighted by Crippen LogP contribution is 2.29. The molecule has 6 heteroatoms. The van der Waals surface area contributed by atoms with Crippen LogP contribution in [0.15, 0.2) is 29.8 Å². The molecular formula is C12H11F3N2S. The molecule has 0 saturated carbocycles. The minimum atomic E-state index is -4.34. The number of nitrogens with zero attached hydrogens (tertiary/aromatic N) is 1. The second kappa shape index (κ2) is 4.97. The summed E-state index contributed by atoms with van der Waals surface area (Å²) in [6, 6.07) is 4.37. The van der Waals surface area contributed by atoms with Crippen molar-refractivity contribution in [2.24, 2.45) is 0 Å². The van der Waals surface area contributed by atoms with Gasteiger partial charge in [-0.15, -0.1) is 11.3 Å². The van der Waals surface area contributed by atoms with Crippen LogP contribution in [0, 0.1) is 6.92 Å². The Morgan fingerprint density at radius 1 is 1.28 bits per heavy atom. The largest absolute Gasteiger partial charge is 0.417 e. The molecule has 0 unspecified atom stereocenters. The molecule has 0 fully saturated rings. The Morgan fingerprint density at radius 2 is 2.06 bits per heavy atom. The number of thiophene rings is 1. The summed E-state index contributed by atoms with van der Waals surface area (Å²) in [5.41, 5.74) is 0.430. The molecule has 0 aromatic carbocycles. The molecule has 2 heterocycles. The third-order valence-corrected chi connectivity index (χ3v) is 3.51. The molecule has 1 N–H and O–H groups in total. The average molecular weight is 272 g/mol. The van der Waals surface area contributed by atoms with Crippen molar-refractivity contribution in [1.82, 2.24) is 4.98 Å². The van der Waals surface area contributed by atoms with Gasteiger partial charge in [-0.3, -0.25) is 0 Å². The van der Waals surface area contributed by atoms with E-state index in [4.69, 9.17) is 0 Å². The number of rotatable bonds is 3. The molecule has 0 bridgehead atoms. The van der Waals surface area contributed by atoms with E-state index in [-0.39, 0.29) is 0 Å². The zero-order valence-corrected chi connectivity index (χ0v) is 10.4. The molecule has 0 aliphatic rings. The molecule has 0 atom stereocenters. The van der Waals surface area contributed by atoms with E-state index in [2.05, 4.69) is 10.3 Å². The van der Waals surface area contributed by atoms with Gasteiger partial charge in [-0.05, 0) is 36.1 Å². The molecule has 2 aromatic rings. The van der Waals surface area contributed by atoms with Gasteiger partial charge in [-0.2, -0.15) is 13.2 Å². The van der Waals surface area contributed by atoms with Crippen molar-refractivity contribution in [3.63, 3.8) is 0 Å². The second-order valence-corrected chi connectivity index (χ2v) is 4.81. The van der Waals surface area contributed by atoms with E-state index in [1.54, 1.807) is 11.3 Å². The van der Waals surface area contributed by atoms with Crippen molar-refractivity contribution in [3.8, 4) is 0 Å². The number of anilines is 1. The van der Waals surface area contributed by atoms with Crippen LogP contribution >= 0.6 is 11.3 Å². The van der Waals surface area contributed by atoms with E-state index in [0.717, 1.165) is 17.1 Å². The Bertz CT molecular complexity index is 517. The van der Waals surface area contributed by atoms with Crippen LogP contribution in [-0.2, 0) is 12.7 Å². The molecule has 18 heavy (non-hydrogen) atoms. The van der Waals surface area contributed by atoms with Gasteiger partial charge in [0.05, 0.1) is 12.1 Å². The van der Waals surface area contributed by atoms with Gasteiger partial charge < -0.3 is 5.32 Å². The molecule has 2 nitrogen and oxygen atoms in total. The molecule has 96 valence electrons. The lowest BCUT2D eigenvalue weighted by Gasteiger charge is -2.08. The quantitative estimate of drug-likeness (QED) is 0.910. The van der Waals surface area contributed by atoms with Crippen LogP contribution in [0.4, 0.5) is 19.0 Å². The highest BCUT2D eigenvalue weighted by molar-refractivity contribution is 7.10. The summed E-state index contributed by atoms with van der Waals surface area (Å²) in [5, 5.41) is 4.98. The van der Waals surface area contributed by atoms with Gasteiger partial charge in [0.15, 0.2) is 0 Å². The molecule has 2 aromatic heterocycles. The number of pyridine rings is 1. The Morgan fingerprint density at radius 3 is 2.56 bits per heavy atom. The second-order valence-electron chi connectivity index (χ2n) is 3.81. The standard InChI is InChI=1S/C12H11F3N2S/c1-8-4-5-18-10(8)7-17-11-3-2-9(6-16-11)12(13,14)15/h2-6H,7H2,1H3,(H,16,17). The van der Waals surface area contributed by atoms with E-state index in [0.29, 0.717) is 12.4 Å². The topological polar surface area (TPSA) is 24.9 Å². The van der Waals surface area contributed by atoms with Crippen molar-refractivity contribution in [3.05, 3.63) is 45.8 Å². The van der Waals surface area contributed by atoms with Gasteiger partial charge in [-0.25, -0.2) is 4.98 Å². The van der Waals surface area contributed by atoms with E-state index in [1.165, 1.54) is 11.6 Å². The monoisotopic (exact) mass is 272 g/mol. The van der Waals surface area contributed by atoms with E-state index in [1.807, 2.05) is 18.4 Å². The molecule has 0 radical (unpaired) electrons. The minimum Gasteiger partial charge on any atom is -0.365 e. The first-order chi connectivity index (χ1) is 8.47. The number of aryl methyl sites for hydroxylation is 1. The predicted octanol–water partition coefficient (Wildman–Crippen LogP) is 4.08. The molecule has 0 aliphatic carbocycles. The first-order valence-corrected chi connectivity index (χ1v) is 6.15. The molecule has 0 aliphatic heterocycles. The summed E-state index contributed by atoms with van der Waals surface area (Å²) in [7, 11) is 0. The van der Waals surface area contributed by atoms with E-state index >= 15 is 0 Å². The van der Waals surface area contributed by atoms with Crippen LogP contribution in [0.1, 0.15) is 16.0 Å². The minimum absolute atomic E-state index is 0.441. The van der Waals surface area contributed by atoms with Crippen LogP contribution in [0.3, 0.4) is 0 Å². The van der Waals surface area contributed by atoms with Crippen LogP contribution in [0.5, 0.6) is 0 Å². The Balaban J connectivity index is 2.01. The Hall–Kier alpha value is -1.56. The smallest absolute Gasteiger partial charge is 0.365 e. The van der Waals surface area contributed by atoms with Crippen molar-refractivity contribution in [2.45, 2.75) is 19.6 Å². The summed E-state index contributed by atoms with van der Waals surface area (Å²) in [6.07, 6.45) is -3.50. The first-order valence-electron chi connectivity index (χ1n) is 5.27. The zero-order chi connectivity index (χ0) is 13.2. The van der Waals surface area contributed by atoms with Gasteiger partial charge in [0.25, 0.3) is 0 Å². The third-order valence-electron chi connectivity index (χ3n) is 2.49. The maximum absolute atomic E-state index is 12.3. The molecular weight excluding hydrogens is 261 g/mol. The average Bonchev–Trinajstić information content (AvgIpc) is 2.72.